The van der Waals surface area contributed by atoms with Gasteiger partial charge in [0, 0.05) is 13.0 Å². The summed E-state index contributed by atoms with van der Waals surface area (Å²) in [6, 6.07) is 9.11. The first-order valence-electron chi connectivity index (χ1n) is 7.81. The van der Waals surface area contributed by atoms with E-state index in [4.69, 9.17) is 4.74 Å². The SMILES string of the molecule is CCN=C1NC2C(OC(C(O)Cc3ccccc3)C(O)C2O)S1. The number of aliphatic hydroxyl groups excluding tert-OH is 3. The Morgan fingerprint density at radius 1 is 1.26 bits per heavy atom. The zero-order valence-electron chi connectivity index (χ0n) is 12.9. The molecule has 2 aliphatic rings. The van der Waals surface area contributed by atoms with Gasteiger partial charge in [-0.05, 0) is 12.5 Å². The van der Waals surface area contributed by atoms with Crippen molar-refractivity contribution in [3.05, 3.63) is 35.9 Å². The molecule has 2 saturated heterocycles. The zero-order chi connectivity index (χ0) is 16.4. The maximum absolute atomic E-state index is 10.4. The second-order valence-corrected chi connectivity index (χ2v) is 6.86. The molecular formula is C16H22N2O4S. The number of fused-ring (bicyclic) bond motifs is 1. The van der Waals surface area contributed by atoms with Gasteiger partial charge >= 0.3 is 0 Å². The van der Waals surface area contributed by atoms with Gasteiger partial charge in [-0.15, -0.1) is 0 Å². The fourth-order valence-electron chi connectivity index (χ4n) is 2.95. The standard InChI is InChI=1S/C16H22N2O4S/c1-2-17-16-18-11-12(20)13(21)14(22-15(11)23-16)10(19)8-9-6-4-3-5-7-9/h3-7,10-15,19-21H,2,8H2,1H3,(H,17,18). The molecule has 1 aromatic carbocycles. The lowest BCUT2D eigenvalue weighted by atomic mass is 9.92. The highest BCUT2D eigenvalue weighted by Gasteiger charge is 2.50. The van der Waals surface area contributed by atoms with Crippen molar-refractivity contribution in [3.63, 3.8) is 0 Å². The largest absolute Gasteiger partial charge is 0.390 e. The van der Waals surface area contributed by atoms with Crippen LogP contribution >= 0.6 is 11.8 Å². The van der Waals surface area contributed by atoms with Crippen LogP contribution < -0.4 is 5.32 Å². The van der Waals surface area contributed by atoms with E-state index in [9.17, 15) is 15.3 Å². The van der Waals surface area contributed by atoms with Gasteiger partial charge in [-0.2, -0.15) is 0 Å². The molecule has 0 spiro atoms. The zero-order valence-corrected chi connectivity index (χ0v) is 13.7. The summed E-state index contributed by atoms with van der Waals surface area (Å²) in [7, 11) is 0. The van der Waals surface area contributed by atoms with Crippen LogP contribution in [0.2, 0.25) is 0 Å². The van der Waals surface area contributed by atoms with E-state index in [1.54, 1.807) is 0 Å². The quantitative estimate of drug-likeness (QED) is 0.623. The van der Waals surface area contributed by atoms with Gasteiger partial charge in [-0.3, -0.25) is 4.99 Å². The van der Waals surface area contributed by atoms with E-state index < -0.39 is 30.5 Å². The molecule has 4 N–H and O–H groups in total. The van der Waals surface area contributed by atoms with Gasteiger partial charge in [0.15, 0.2) is 5.17 Å². The van der Waals surface area contributed by atoms with Crippen LogP contribution in [0, 0.1) is 0 Å². The Morgan fingerprint density at radius 2 is 2.00 bits per heavy atom. The molecule has 6 nitrogen and oxygen atoms in total. The van der Waals surface area contributed by atoms with Crippen molar-refractivity contribution < 1.29 is 20.1 Å². The Bertz CT molecular complexity index is 556. The number of thioether (sulfide) groups is 1. The highest BCUT2D eigenvalue weighted by atomic mass is 32.2. The molecule has 0 bridgehead atoms. The maximum atomic E-state index is 10.4. The third-order valence-corrected chi connectivity index (χ3v) is 5.23. The van der Waals surface area contributed by atoms with Gasteiger partial charge in [0.05, 0.1) is 12.1 Å². The molecule has 0 aromatic heterocycles. The van der Waals surface area contributed by atoms with E-state index in [-0.39, 0.29) is 5.44 Å². The molecule has 0 radical (unpaired) electrons. The van der Waals surface area contributed by atoms with E-state index >= 15 is 0 Å². The summed E-state index contributed by atoms with van der Waals surface area (Å²) in [5.41, 5.74) is 0.590. The van der Waals surface area contributed by atoms with Crippen molar-refractivity contribution in [3.8, 4) is 0 Å². The normalized spacial score (nSPS) is 36.5. The Hall–Kier alpha value is -1.12. The van der Waals surface area contributed by atoms with Crippen molar-refractivity contribution in [2.24, 2.45) is 4.99 Å². The predicted molar refractivity (Wildman–Crippen MR) is 89.3 cm³/mol. The molecular weight excluding hydrogens is 316 g/mol. The molecule has 6 unspecified atom stereocenters. The Labute approximate surface area is 139 Å². The molecule has 0 aliphatic carbocycles. The topological polar surface area (TPSA) is 94.3 Å². The number of nitrogens with zero attached hydrogens (tertiary/aromatic N) is 1. The van der Waals surface area contributed by atoms with E-state index in [1.807, 2.05) is 37.3 Å². The molecule has 3 rings (SSSR count). The van der Waals surface area contributed by atoms with Crippen molar-refractivity contribution in [2.75, 3.05) is 6.54 Å². The summed E-state index contributed by atoms with van der Waals surface area (Å²) in [5, 5.41) is 34.9. The average molecular weight is 338 g/mol. The summed E-state index contributed by atoms with van der Waals surface area (Å²) in [6.45, 7) is 2.56. The monoisotopic (exact) mass is 338 g/mol. The van der Waals surface area contributed by atoms with Crippen LogP contribution in [-0.2, 0) is 11.2 Å². The highest BCUT2D eigenvalue weighted by Crippen LogP contribution is 2.35. The maximum Gasteiger partial charge on any atom is 0.159 e. The van der Waals surface area contributed by atoms with Gasteiger partial charge in [0.2, 0.25) is 0 Å². The lowest BCUT2D eigenvalue weighted by molar-refractivity contribution is -0.187. The van der Waals surface area contributed by atoms with Crippen LogP contribution in [0.3, 0.4) is 0 Å². The van der Waals surface area contributed by atoms with Gasteiger partial charge < -0.3 is 25.4 Å². The highest BCUT2D eigenvalue weighted by molar-refractivity contribution is 8.14. The molecule has 7 heteroatoms. The van der Waals surface area contributed by atoms with E-state index in [2.05, 4.69) is 10.3 Å². The molecule has 1 aromatic rings. The third-order valence-electron chi connectivity index (χ3n) is 4.13. The van der Waals surface area contributed by atoms with Crippen LogP contribution in [0.4, 0.5) is 0 Å². The van der Waals surface area contributed by atoms with Gasteiger partial charge in [0.1, 0.15) is 23.7 Å². The number of aliphatic hydroxyl groups is 3. The molecule has 23 heavy (non-hydrogen) atoms. The molecule has 2 heterocycles. The Balaban J connectivity index is 1.70. The first kappa shape index (κ1) is 16.7. The number of hydrogen-bond acceptors (Lipinski definition) is 6. The number of amidine groups is 1. The number of rotatable bonds is 4. The lowest BCUT2D eigenvalue weighted by Gasteiger charge is -2.40. The fourth-order valence-corrected chi connectivity index (χ4v) is 4.13. The summed E-state index contributed by atoms with van der Waals surface area (Å²) >= 11 is 1.39. The van der Waals surface area contributed by atoms with Crippen LogP contribution in [0.5, 0.6) is 0 Å². The van der Waals surface area contributed by atoms with Gasteiger partial charge in [0.25, 0.3) is 0 Å². The number of hydrogen-bond donors (Lipinski definition) is 4. The van der Waals surface area contributed by atoms with E-state index in [0.29, 0.717) is 18.1 Å². The first-order valence-corrected chi connectivity index (χ1v) is 8.69. The Morgan fingerprint density at radius 3 is 2.70 bits per heavy atom. The van der Waals surface area contributed by atoms with Crippen molar-refractivity contribution in [1.29, 1.82) is 0 Å². The average Bonchev–Trinajstić information content (AvgIpc) is 2.95. The number of benzene rings is 1. The predicted octanol–water partition coefficient (Wildman–Crippen LogP) is 0.118. The van der Waals surface area contributed by atoms with Crippen LogP contribution in [0.25, 0.3) is 0 Å². The molecule has 126 valence electrons. The number of nitrogens with one attached hydrogen (secondary N) is 1. The number of ether oxygens (including phenoxy) is 1. The number of aliphatic imine (C=N–C) groups is 1. The van der Waals surface area contributed by atoms with Crippen molar-refractivity contribution in [1.82, 2.24) is 5.32 Å². The van der Waals surface area contributed by atoms with E-state index in [0.717, 1.165) is 5.56 Å². The lowest BCUT2D eigenvalue weighted by Crippen LogP contribution is -2.61. The molecule has 2 aliphatic heterocycles. The van der Waals surface area contributed by atoms with Crippen LogP contribution in [0.1, 0.15) is 12.5 Å². The van der Waals surface area contributed by atoms with Gasteiger partial charge in [-0.25, -0.2) is 0 Å². The van der Waals surface area contributed by atoms with Crippen molar-refractivity contribution in [2.45, 2.75) is 49.2 Å². The molecule has 2 fully saturated rings. The smallest absolute Gasteiger partial charge is 0.159 e. The third kappa shape index (κ3) is 3.54. The Kier molecular flexibility index (Phi) is 5.23. The minimum atomic E-state index is -1.15. The molecule has 0 saturated carbocycles. The fraction of sp³-hybridized carbons (Fsp3) is 0.562. The molecule has 0 amide bonds. The minimum absolute atomic E-state index is 0.362. The summed E-state index contributed by atoms with van der Waals surface area (Å²) in [5.74, 6) is 0. The molecule has 6 atom stereocenters. The van der Waals surface area contributed by atoms with Crippen LogP contribution in [0.15, 0.2) is 35.3 Å². The summed E-state index contributed by atoms with van der Waals surface area (Å²) in [6.07, 6.45) is -3.52. The summed E-state index contributed by atoms with van der Waals surface area (Å²) in [4.78, 5) is 4.28. The second kappa shape index (κ2) is 7.19. The van der Waals surface area contributed by atoms with E-state index in [1.165, 1.54) is 11.8 Å². The second-order valence-electron chi connectivity index (χ2n) is 5.77. The van der Waals surface area contributed by atoms with Gasteiger partial charge in [-0.1, -0.05) is 42.1 Å². The van der Waals surface area contributed by atoms with Crippen molar-refractivity contribution >= 4 is 16.9 Å². The summed E-state index contributed by atoms with van der Waals surface area (Å²) < 4.78 is 5.86. The minimum Gasteiger partial charge on any atom is -0.390 e. The van der Waals surface area contributed by atoms with Crippen LogP contribution in [-0.4, -0.2) is 62.9 Å². The first-order chi connectivity index (χ1) is 11.1.